The van der Waals surface area contributed by atoms with Crippen LogP contribution < -0.4 is 14.8 Å². The molecule has 292 valence electrons. The van der Waals surface area contributed by atoms with Crippen molar-refractivity contribution in [3.63, 3.8) is 0 Å². The maximum absolute atomic E-state index is 14.8. The highest BCUT2D eigenvalue weighted by Gasteiger charge is 2.34. The van der Waals surface area contributed by atoms with E-state index in [2.05, 4.69) is 5.32 Å². The fourth-order valence-corrected chi connectivity index (χ4v) is 7.75. The number of aromatic carboxylic acids is 2. The normalized spacial score (nSPS) is 13.5. The van der Waals surface area contributed by atoms with E-state index in [1.807, 2.05) is 49.4 Å². The number of ether oxygens (including phenoxy) is 1. The molecule has 1 aliphatic rings. The van der Waals surface area contributed by atoms with Gasteiger partial charge in [-0.05, 0) is 103 Å². The van der Waals surface area contributed by atoms with Crippen LogP contribution in [0.25, 0.3) is 0 Å². The van der Waals surface area contributed by atoms with Crippen LogP contribution in [0.15, 0.2) is 120 Å². The lowest BCUT2D eigenvalue weighted by Gasteiger charge is -2.36. The van der Waals surface area contributed by atoms with Gasteiger partial charge >= 0.3 is 11.9 Å². The molecule has 0 radical (unpaired) electrons. The fourth-order valence-electron chi connectivity index (χ4n) is 6.78. The van der Waals surface area contributed by atoms with Gasteiger partial charge in [0.25, 0.3) is 21.8 Å². The number of hydrogen-bond donors (Lipinski definition) is 4. The molecule has 13 nitrogen and oxygen atoms in total. The second-order valence-corrected chi connectivity index (χ2v) is 15.1. The molecule has 0 unspecified atom stereocenters. The van der Waals surface area contributed by atoms with E-state index in [0.717, 1.165) is 42.2 Å². The number of para-hydroxylation sites is 1. The SMILES string of the molecule is CCCC(=O)Nc1ccc(S(=O)(=O)NC(=O)c2cc(C(=O)O)c(C(=O)N(Cc3cccc(Oc4ccccc4)c3)[C@H]3CCCc4ccccc43)cc2C(=O)O)cc1. The summed E-state index contributed by atoms with van der Waals surface area (Å²) in [5.41, 5.74) is 0.0685. The lowest BCUT2D eigenvalue weighted by Crippen LogP contribution is -2.37. The molecule has 0 saturated carbocycles. The van der Waals surface area contributed by atoms with Crippen molar-refractivity contribution in [2.45, 2.75) is 56.5 Å². The van der Waals surface area contributed by atoms with Crippen molar-refractivity contribution in [1.29, 1.82) is 0 Å². The van der Waals surface area contributed by atoms with E-state index in [9.17, 15) is 42.6 Å². The summed E-state index contributed by atoms with van der Waals surface area (Å²) in [6.07, 6.45) is 2.88. The third-order valence-corrected chi connectivity index (χ3v) is 10.8. The lowest BCUT2D eigenvalue weighted by molar-refractivity contribution is -0.116. The first-order chi connectivity index (χ1) is 27.3. The van der Waals surface area contributed by atoms with Crippen molar-refractivity contribution in [1.82, 2.24) is 9.62 Å². The Morgan fingerprint density at radius 1 is 0.754 bits per heavy atom. The average molecular weight is 790 g/mol. The Bertz CT molecular complexity index is 2450. The molecule has 0 spiro atoms. The molecule has 3 amide bonds. The zero-order valence-electron chi connectivity index (χ0n) is 30.8. The first-order valence-electron chi connectivity index (χ1n) is 18.2. The largest absolute Gasteiger partial charge is 0.478 e. The maximum atomic E-state index is 14.8. The molecule has 0 heterocycles. The lowest BCUT2D eigenvalue weighted by atomic mass is 9.86. The minimum atomic E-state index is -4.62. The molecule has 5 aromatic carbocycles. The maximum Gasteiger partial charge on any atom is 0.336 e. The van der Waals surface area contributed by atoms with Gasteiger partial charge in [0.15, 0.2) is 0 Å². The molecule has 57 heavy (non-hydrogen) atoms. The summed E-state index contributed by atoms with van der Waals surface area (Å²) in [5, 5.41) is 23.3. The topological polar surface area (TPSA) is 196 Å². The standard InChI is InChI=1S/C43H39N3O10S/c1-2-10-39(47)44-29-19-21-32(22-20-29)57(54,55)45-40(48)34-24-37(43(52)53)35(25-36(34)42(50)51)41(49)46(38-18-9-13-28-12-6-7-17-33(28)38)26-27-11-8-16-31(23-27)56-30-14-4-3-5-15-30/h3-8,11-12,14-17,19-25,38H,2,9-10,13,18,26H2,1H3,(H,44,47)(H,45,48)(H,50,51)(H,52,53)/t38-/m0/s1. The monoisotopic (exact) mass is 789 g/mol. The predicted octanol–water partition coefficient (Wildman–Crippen LogP) is 7.45. The van der Waals surface area contributed by atoms with Gasteiger partial charge in [-0.25, -0.2) is 22.7 Å². The van der Waals surface area contributed by atoms with Crippen LogP contribution in [-0.4, -0.2) is 53.2 Å². The molecule has 1 atom stereocenters. The molecular weight excluding hydrogens is 751 g/mol. The first-order valence-corrected chi connectivity index (χ1v) is 19.6. The number of amides is 3. The van der Waals surface area contributed by atoms with Crippen molar-refractivity contribution in [2.24, 2.45) is 0 Å². The molecule has 4 N–H and O–H groups in total. The molecule has 0 bridgehead atoms. The Morgan fingerprint density at radius 2 is 1.40 bits per heavy atom. The predicted molar refractivity (Wildman–Crippen MR) is 210 cm³/mol. The number of anilines is 1. The molecular formula is C43H39N3O10S. The van der Waals surface area contributed by atoms with Gasteiger partial charge in [0.1, 0.15) is 11.5 Å². The number of nitrogens with zero attached hydrogens (tertiary/aromatic N) is 1. The minimum Gasteiger partial charge on any atom is -0.478 e. The van der Waals surface area contributed by atoms with Crippen LogP contribution in [0.2, 0.25) is 0 Å². The van der Waals surface area contributed by atoms with Crippen LogP contribution >= 0.6 is 0 Å². The number of nitrogens with one attached hydrogen (secondary N) is 2. The van der Waals surface area contributed by atoms with E-state index in [0.29, 0.717) is 41.7 Å². The Hall–Kier alpha value is -6.80. The van der Waals surface area contributed by atoms with Crippen molar-refractivity contribution < 1.29 is 47.3 Å². The van der Waals surface area contributed by atoms with Gasteiger partial charge in [-0.3, -0.25) is 14.4 Å². The van der Waals surface area contributed by atoms with Gasteiger partial charge < -0.3 is 25.2 Å². The van der Waals surface area contributed by atoms with Crippen molar-refractivity contribution in [2.75, 3.05) is 5.32 Å². The Kier molecular flexibility index (Phi) is 12.1. The number of carbonyl (C=O) groups is 5. The van der Waals surface area contributed by atoms with Gasteiger partial charge in [0.2, 0.25) is 5.91 Å². The summed E-state index contributed by atoms with van der Waals surface area (Å²) in [4.78, 5) is 66.8. The van der Waals surface area contributed by atoms with Crippen LogP contribution in [0.5, 0.6) is 11.5 Å². The van der Waals surface area contributed by atoms with E-state index in [1.165, 1.54) is 17.0 Å². The second kappa shape index (κ2) is 17.3. The molecule has 0 saturated heterocycles. The summed E-state index contributed by atoms with van der Waals surface area (Å²) in [5.74, 6) is -4.76. The Balaban J connectivity index is 1.36. The molecule has 5 aromatic rings. The molecule has 6 rings (SSSR count). The fraction of sp³-hybridized carbons (Fsp3) is 0.186. The average Bonchev–Trinajstić information content (AvgIpc) is 3.19. The van der Waals surface area contributed by atoms with Gasteiger partial charge in [-0.1, -0.05) is 61.5 Å². The van der Waals surface area contributed by atoms with Crippen LogP contribution in [-0.2, 0) is 27.8 Å². The van der Waals surface area contributed by atoms with E-state index in [4.69, 9.17) is 4.74 Å². The van der Waals surface area contributed by atoms with E-state index < -0.39 is 62.1 Å². The third kappa shape index (κ3) is 9.36. The number of hydrogen-bond acceptors (Lipinski definition) is 8. The minimum absolute atomic E-state index is 0.0210. The highest BCUT2D eigenvalue weighted by atomic mass is 32.2. The summed E-state index contributed by atoms with van der Waals surface area (Å²) in [7, 11) is -4.62. The molecule has 14 heteroatoms. The van der Waals surface area contributed by atoms with Crippen LogP contribution in [0.1, 0.15) is 96.8 Å². The molecule has 0 aliphatic heterocycles. The number of aryl methyl sites for hydroxylation is 1. The van der Waals surface area contributed by atoms with E-state index >= 15 is 0 Å². The number of carboxylic acids is 2. The second-order valence-electron chi connectivity index (χ2n) is 13.4. The van der Waals surface area contributed by atoms with E-state index in [1.54, 1.807) is 41.1 Å². The van der Waals surface area contributed by atoms with Crippen LogP contribution in [0.3, 0.4) is 0 Å². The first kappa shape index (κ1) is 39.9. The van der Waals surface area contributed by atoms with Crippen molar-refractivity contribution in [3.05, 3.63) is 154 Å². The van der Waals surface area contributed by atoms with Crippen LogP contribution in [0.4, 0.5) is 5.69 Å². The van der Waals surface area contributed by atoms with Gasteiger partial charge in [-0.2, -0.15) is 0 Å². The number of benzene rings is 5. The summed E-state index contributed by atoms with van der Waals surface area (Å²) < 4.78 is 34.3. The molecule has 0 fully saturated rings. The number of carbonyl (C=O) groups excluding carboxylic acids is 3. The summed E-state index contributed by atoms with van der Waals surface area (Å²) in [6, 6.07) is 29.7. The zero-order chi connectivity index (χ0) is 40.7. The van der Waals surface area contributed by atoms with Gasteiger partial charge in [0, 0.05) is 18.7 Å². The zero-order valence-corrected chi connectivity index (χ0v) is 31.6. The summed E-state index contributed by atoms with van der Waals surface area (Å²) in [6.45, 7) is 1.81. The number of sulfonamides is 1. The van der Waals surface area contributed by atoms with Crippen molar-refractivity contribution in [3.8, 4) is 11.5 Å². The van der Waals surface area contributed by atoms with Gasteiger partial charge in [0.05, 0.1) is 33.2 Å². The summed E-state index contributed by atoms with van der Waals surface area (Å²) >= 11 is 0. The molecule has 1 aliphatic carbocycles. The van der Waals surface area contributed by atoms with E-state index in [-0.39, 0.29) is 23.8 Å². The van der Waals surface area contributed by atoms with Crippen LogP contribution in [0, 0.1) is 0 Å². The van der Waals surface area contributed by atoms with Crippen molar-refractivity contribution >= 4 is 45.4 Å². The number of rotatable bonds is 14. The number of fused-ring (bicyclic) bond motifs is 1. The quantitative estimate of drug-likeness (QED) is 0.0877. The Labute approximate surface area is 329 Å². The van der Waals surface area contributed by atoms with Gasteiger partial charge in [-0.15, -0.1) is 0 Å². The third-order valence-electron chi connectivity index (χ3n) is 9.45. The molecule has 0 aromatic heterocycles. The smallest absolute Gasteiger partial charge is 0.336 e. The highest BCUT2D eigenvalue weighted by Crippen LogP contribution is 2.37. The highest BCUT2D eigenvalue weighted by molar-refractivity contribution is 7.90. The number of carboxylic acid groups (broad SMARTS) is 2. The Morgan fingerprint density at radius 3 is 2.11 bits per heavy atom.